The molecular weight excluding hydrogens is 404 g/mol. The van der Waals surface area contributed by atoms with Gasteiger partial charge in [0.25, 0.3) is 11.8 Å². The van der Waals surface area contributed by atoms with E-state index in [-0.39, 0.29) is 38.1 Å². The van der Waals surface area contributed by atoms with Crippen LogP contribution in [0.2, 0.25) is 0 Å². The molecule has 0 fully saturated rings. The molecule has 2 aromatic rings. The molecule has 6 nitrogen and oxygen atoms in total. The molecule has 0 saturated carbocycles. The van der Waals surface area contributed by atoms with Crippen LogP contribution >= 0.6 is 0 Å². The standard InChI is InChI=1S/C26H28N2O4/c29-25(17-31-23-11-9-19-5-3-7-21(19)15-23)27-13-1-2-14-28-26(30)18-32-24-12-10-20-6-4-8-22(20)16-24/h9-12,15-16H,3-8,13-14,17-18H2,(H,27,29)(H,28,30). The van der Waals surface area contributed by atoms with E-state index in [1.54, 1.807) is 0 Å². The molecule has 0 unspecified atom stereocenters. The molecule has 2 N–H and O–H groups in total. The van der Waals surface area contributed by atoms with Gasteiger partial charge in [0.1, 0.15) is 11.5 Å². The Morgan fingerprint density at radius 1 is 0.688 bits per heavy atom. The molecule has 0 aliphatic heterocycles. The molecule has 2 aliphatic carbocycles. The van der Waals surface area contributed by atoms with Gasteiger partial charge in [0, 0.05) is 0 Å². The Hall–Kier alpha value is -3.46. The van der Waals surface area contributed by atoms with Crippen molar-refractivity contribution in [1.29, 1.82) is 0 Å². The Labute approximate surface area is 188 Å². The maximum Gasteiger partial charge on any atom is 0.258 e. The summed E-state index contributed by atoms with van der Waals surface area (Å²) in [6, 6.07) is 12.0. The minimum atomic E-state index is -0.230. The van der Waals surface area contributed by atoms with Crippen molar-refractivity contribution in [2.75, 3.05) is 26.3 Å². The van der Waals surface area contributed by atoms with E-state index < -0.39 is 0 Å². The maximum absolute atomic E-state index is 11.9. The highest BCUT2D eigenvalue weighted by Crippen LogP contribution is 2.26. The lowest BCUT2D eigenvalue weighted by molar-refractivity contribution is -0.123. The van der Waals surface area contributed by atoms with Crippen LogP contribution in [0.5, 0.6) is 11.5 Å². The highest BCUT2D eigenvalue weighted by molar-refractivity contribution is 5.78. The number of ether oxygens (including phenoxy) is 2. The first-order chi connectivity index (χ1) is 15.7. The minimum absolute atomic E-state index is 0.0444. The molecule has 2 amide bonds. The summed E-state index contributed by atoms with van der Waals surface area (Å²) >= 11 is 0. The van der Waals surface area contributed by atoms with Gasteiger partial charge in [0.05, 0.1) is 13.1 Å². The van der Waals surface area contributed by atoms with Gasteiger partial charge in [-0.1, -0.05) is 24.0 Å². The van der Waals surface area contributed by atoms with Gasteiger partial charge in [-0.15, -0.1) is 0 Å². The number of nitrogens with one attached hydrogen (secondary N) is 2. The van der Waals surface area contributed by atoms with Gasteiger partial charge in [0.15, 0.2) is 13.2 Å². The van der Waals surface area contributed by atoms with Gasteiger partial charge in [-0.25, -0.2) is 0 Å². The first-order valence-electron chi connectivity index (χ1n) is 11.2. The number of carbonyl (C=O) groups excluding carboxylic acids is 2. The number of amides is 2. The van der Waals surface area contributed by atoms with Gasteiger partial charge in [-0.2, -0.15) is 0 Å². The lowest BCUT2D eigenvalue weighted by atomic mass is 10.1. The maximum atomic E-state index is 11.9. The molecule has 2 aromatic carbocycles. The Kier molecular flexibility index (Phi) is 7.29. The van der Waals surface area contributed by atoms with Gasteiger partial charge < -0.3 is 20.1 Å². The molecule has 0 saturated heterocycles. The van der Waals surface area contributed by atoms with Crippen molar-refractivity contribution in [3.05, 3.63) is 58.7 Å². The Morgan fingerprint density at radius 3 is 1.59 bits per heavy atom. The Morgan fingerprint density at radius 2 is 1.12 bits per heavy atom. The first-order valence-corrected chi connectivity index (χ1v) is 11.2. The molecule has 32 heavy (non-hydrogen) atoms. The van der Waals surface area contributed by atoms with E-state index in [1.807, 2.05) is 24.3 Å². The Balaban J connectivity index is 1.07. The second-order valence-electron chi connectivity index (χ2n) is 8.05. The largest absolute Gasteiger partial charge is 0.484 e. The van der Waals surface area contributed by atoms with E-state index in [0.717, 1.165) is 37.2 Å². The summed E-state index contributed by atoms with van der Waals surface area (Å²) in [5, 5.41) is 5.37. The average Bonchev–Trinajstić information content (AvgIpc) is 3.47. The second kappa shape index (κ2) is 10.7. The summed E-state index contributed by atoms with van der Waals surface area (Å²) in [6.07, 6.45) is 6.75. The summed E-state index contributed by atoms with van der Waals surface area (Å²) in [5.74, 6) is 6.60. The van der Waals surface area contributed by atoms with E-state index in [9.17, 15) is 9.59 Å². The summed E-state index contributed by atoms with van der Waals surface area (Å²) in [5.41, 5.74) is 5.37. The fourth-order valence-electron chi connectivity index (χ4n) is 4.09. The van der Waals surface area contributed by atoms with E-state index in [4.69, 9.17) is 9.47 Å². The number of benzene rings is 2. The summed E-state index contributed by atoms with van der Waals surface area (Å²) < 4.78 is 11.1. The molecule has 0 heterocycles. The van der Waals surface area contributed by atoms with Crippen LogP contribution in [-0.2, 0) is 35.3 Å². The monoisotopic (exact) mass is 432 g/mol. The van der Waals surface area contributed by atoms with Crippen molar-refractivity contribution in [1.82, 2.24) is 10.6 Å². The highest BCUT2D eigenvalue weighted by Gasteiger charge is 2.12. The number of fused-ring (bicyclic) bond motifs is 2. The number of hydrogen-bond donors (Lipinski definition) is 2. The zero-order valence-electron chi connectivity index (χ0n) is 18.2. The van der Waals surface area contributed by atoms with Crippen molar-refractivity contribution >= 4 is 11.8 Å². The van der Waals surface area contributed by atoms with Crippen molar-refractivity contribution in [2.24, 2.45) is 0 Å². The zero-order chi connectivity index (χ0) is 22.2. The molecule has 6 heteroatoms. The van der Waals surface area contributed by atoms with Crippen LogP contribution in [0.25, 0.3) is 0 Å². The average molecular weight is 433 g/mol. The number of aryl methyl sites for hydroxylation is 4. The van der Waals surface area contributed by atoms with Crippen molar-refractivity contribution < 1.29 is 19.1 Å². The number of carbonyl (C=O) groups is 2. The minimum Gasteiger partial charge on any atom is -0.484 e. The quantitative estimate of drug-likeness (QED) is 0.628. The van der Waals surface area contributed by atoms with Gasteiger partial charge in [-0.05, 0) is 85.0 Å². The SMILES string of the molecule is O=C(COc1ccc2c(c1)CCC2)NCC#CCNC(=O)COc1ccc2c(c1)CCC2. The molecular formula is C26H28N2O4. The molecule has 4 rings (SSSR count). The Bertz CT molecular complexity index is 970. The van der Waals surface area contributed by atoms with Crippen LogP contribution in [0.15, 0.2) is 36.4 Å². The predicted octanol–water partition coefficient (Wildman–Crippen LogP) is 2.36. The van der Waals surface area contributed by atoms with Gasteiger partial charge >= 0.3 is 0 Å². The number of rotatable bonds is 8. The topological polar surface area (TPSA) is 76.7 Å². The first kappa shape index (κ1) is 21.8. The van der Waals surface area contributed by atoms with Crippen LogP contribution in [0.4, 0.5) is 0 Å². The molecule has 0 atom stereocenters. The summed E-state index contributed by atoms with van der Waals surface area (Å²) in [7, 11) is 0. The van der Waals surface area contributed by atoms with Crippen molar-refractivity contribution in [3.63, 3.8) is 0 Å². The normalized spacial score (nSPS) is 13.4. The van der Waals surface area contributed by atoms with Crippen LogP contribution in [0.3, 0.4) is 0 Å². The third kappa shape index (κ3) is 6.04. The van der Waals surface area contributed by atoms with Crippen molar-refractivity contribution in [3.8, 4) is 23.3 Å². The van der Waals surface area contributed by atoms with E-state index in [0.29, 0.717) is 0 Å². The van der Waals surface area contributed by atoms with Crippen LogP contribution < -0.4 is 20.1 Å². The predicted molar refractivity (Wildman–Crippen MR) is 122 cm³/mol. The second-order valence-corrected chi connectivity index (χ2v) is 8.05. The fraction of sp³-hybridized carbons (Fsp3) is 0.385. The lowest BCUT2D eigenvalue weighted by Crippen LogP contribution is -2.30. The molecule has 0 spiro atoms. The van der Waals surface area contributed by atoms with Crippen molar-refractivity contribution in [2.45, 2.75) is 38.5 Å². The summed E-state index contributed by atoms with van der Waals surface area (Å²) in [4.78, 5) is 23.8. The lowest BCUT2D eigenvalue weighted by Gasteiger charge is -2.08. The van der Waals surface area contributed by atoms with Gasteiger partial charge in [-0.3, -0.25) is 9.59 Å². The smallest absolute Gasteiger partial charge is 0.258 e. The third-order valence-electron chi connectivity index (χ3n) is 5.75. The van der Waals surface area contributed by atoms with Crippen LogP contribution in [0, 0.1) is 11.8 Å². The molecule has 2 aliphatic rings. The molecule has 166 valence electrons. The summed E-state index contributed by atoms with van der Waals surface area (Å²) in [6.45, 7) is 0.316. The third-order valence-corrected chi connectivity index (χ3v) is 5.75. The molecule has 0 bridgehead atoms. The molecule has 0 aromatic heterocycles. The van der Waals surface area contributed by atoms with Crippen LogP contribution in [-0.4, -0.2) is 38.1 Å². The van der Waals surface area contributed by atoms with E-state index in [2.05, 4.69) is 34.6 Å². The van der Waals surface area contributed by atoms with Crippen LogP contribution in [0.1, 0.15) is 35.1 Å². The number of hydrogen-bond acceptors (Lipinski definition) is 4. The molecule has 0 radical (unpaired) electrons. The van der Waals surface area contributed by atoms with Gasteiger partial charge in [0.2, 0.25) is 0 Å². The highest BCUT2D eigenvalue weighted by atomic mass is 16.5. The van der Waals surface area contributed by atoms with E-state index >= 15 is 0 Å². The zero-order valence-corrected chi connectivity index (χ0v) is 18.2. The van der Waals surface area contributed by atoms with E-state index in [1.165, 1.54) is 35.1 Å². The fourth-order valence-corrected chi connectivity index (χ4v) is 4.09.